The van der Waals surface area contributed by atoms with Crippen LogP contribution in [0.3, 0.4) is 0 Å². The fourth-order valence-electron chi connectivity index (χ4n) is 3.32. The van der Waals surface area contributed by atoms with Crippen LogP contribution < -0.4 is 5.32 Å². The van der Waals surface area contributed by atoms with Gasteiger partial charge in [0.1, 0.15) is 5.78 Å². The Morgan fingerprint density at radius 1 is 1.20 bits per heavy atom. The number of carboxylic acid groups (broad SMARTS) is 1. The second-order valence-electron chi connectivity index (χ2n) is 7.29. The monoisotopic (exact) mass is 345 g/mol. The Balaban J connectivity index is 2.28. The van der Waals surface area contributed by atoms with Gasteiger partial charge in [0.25, 0.3) is 0 Å². The molecule has 5 nitrogen and oxygen atoms in total. The molecule has 2 N–H and O–H groups in total. The van der Waals surface area contributed by atoms with Crippen molar-refractivity contribution < 1.29 is 19.5 Å². The molecule has 0 radical (unpaired) electrons. The van der Waals surface area contributed by atoms with Gasteiger partial charge >= 0.3 is 5.97 Å². The molecule has 1 saturated heterocycles. The predicted molar refractivity (Wildman–Crippen MR) is 95.8 cm³/mol. The minimum Gasteiger partial charge on any atom is -0.481 e. The Bertz CT molecular complexity index is 660. The number of carboxylic acids is 1. The first-order valence-electron chi connectivity index (χ1n) is 8.88. The molecule has 0 spiro atoms. The summed E-state index contributed by atoms with van der Waals surface area (Å²) in [4.78, 5) is 35.6. The number of rotatable bonds is 8. The SMILES string of the molecule is CC(=O)c1cc(CC(=O)C(C)C)cc(CC(C(=O)O)C2CCNC2)c1. The first kappa shape index (κ1) is 19.3. The second-order valence-corrected chi connectivity index (χ2v) is 7.29. The van der Waals surface area contributed by atoms with Crippen LogP contribution in [0.2, 0.25) is 0 Å². The van der Waals surface area contributed by atoms with Crippen molar-refractivity contribution in [1.82, 2.24) is 5.32 Å². The van der Waals surface area contributed by atoms with Gasteiger partial charge in [-0.3, -0.25) is 14.4 Å². The van der Waals surface area contributed by atoms with E-state index in [1.165, 1.54) is 6.92 Å². The summed E-state index contributed by atoms with van der Waals surface area (Å²) in [6.45, 7) is 6.75. The lowest BCUT2D eigenvalue weighted by atomic mass is 9.85. The summed E-state index contributed by atoms with van der Waals surface area (Å²) >= 11 is 0. The van der Waals surface area contributed by atoms with Crippen molar-refractivity contribution in [2.24, 2.45) is 17.8 Å². The number of benzene rings is 1. The van der Waals surface area contributed by atoms with E-state index in [0.717, 1.165) is 24.1 Å². The van der Waals surface area contributed by atoms with Crippen LogP contribution in [0.15, 0.2) is 18.2 Å². The van der Waals surface area contributed by atoms with Crippen LogP contribution in [-0.4, -0.2) is 35.7 Å². The van der Waals surface area contributed by atoms with Gasteiger partial charge in [0.05, 0.1) is 5.92 Å². The molecule has 0 amide bonds. The minimum atomic E-state index is -0.804. The molecule has 5 heteroatoms. The minimum absolute atomic E-state index is 0.0687. The Labute approximate surface area is 148 Å². The van der Waals surface area contributed by atoms with Gasteiger partial charge in [0, 0.05) is 17.9 Å². The number of hydrogen-bond donors (Lipinski definition) is 2. The highest BCUT2D eigenvalue weighted by atomic mass is 16.4. The molecular weight excluding hydrogens is 318 g/mol. The van der Waals surface area contributed by atoms with E-state index < -0.39 is 11.9 Å². The number of ketones is 2. The molecule has 1 heterocycles. The molecule has 136 valence electrons. The third kappa shape index (κ3) is 5.23. The first-order chi connectivity index (χ1) is 11.8. The highest BCUT2D eigenvalue weighted by molar-refractivity contribution is 5.95. The lowest BCUT2D eigenvalue weighted by Crippen LogP contribution is -2.27. The maximum Gasteiger partial charge on any atom is 0.307 e. The van der Waals surface area contributed by atoms with Crippen molar-refractivity contribution in [1.29, 1.82) is 0 Å². The van der Waals surface area contributed by atoms with Crippen molar-refractivity contribution in [3.8, 4) is 0 Å². The number of carbonyl (C=O) groups excluding carboxylic acids is 2. The fraction of sp³-hybridized carbons (Fsp3) is 0.550. The Hall–Kier alpha value is -2.01. The molecular formula is C20H27NO4. The third-order valence-corrected chi connectivity index (χ3v) is 4.92. The predicted octanol–water partition coefficient (Wildman–Crippen LogP) is 2.51. The average molecular weight is 345 g/mol. The van der Waals surface area contributed by atoms with Crippen LogP contribution in [0.25, 0.3) is 0 Å². The first-order valence-corrected chi connectivity index (χ1v) is 8.88. The smallest absolute Gasteiger partial charge is 0.307 e. The quantitative estimate of drug-likeness (QED) is 0.707. The van der Waals surface area contributed by atoms with E-state index in [4.69, 9.17) is 0 Å². The number of nitrogens with one attached hydrogen (secondary N) is 1. The molecule has 2 rings (SSSR count). The summed E-state index contributed by atoms with van der Waals surface area (Å²) in [6.07, 6.45) is 1.50. The number of Topliss-reactive ketones (excluding diaryl/α,β-unsaturated/α-hetero) is 2. The third-order valence-electron chi connectivity index (χ3n) is 4.92. The van der Waals surface area contributed by atoms with Crippen LogP contribution in [0, 0.1) is 17.8 Å². The Morgan fingerprint density at radius 3 is 2.40 bits per heavy atom. The zero-order chi connectivity index (χ0) is 18.6. The van der Waals surface area contributed by atoms with E-state index in [1.807, 2.05) is 19.9 Å². The lowest BCUT2D eigenvalue weighted by molar-refractivity contribution is -0.143. The highest BCUT2D eigenvalue weighted by Crippen LogP contribution is 2.25. The van der Waals surface area contributed by atoms with Crippen LogP contribution in [0.1, 0.15) is 48.7 Å². The average Bonchev–Trinajstić information content (AvgIpc) is 3.05. The molecule has 0 bridgehead atoms. The lowest BCUT2D eigenvalue weighted by Gasteiger charge is -2.19. The fourth-order valence-corrected chi connectivity index (χ4v) is 3.32. The van der Waals surface area contributed by atoms with Crippen LogP contribution >= 0.6 is 0 Å². The van der Waals surface area contributed by atoms with Crippen LogP contribution in [0.5, 0.6) is 0 Å². The van der Waals surface area contributed by atoms with Crippen molar-refractivity contribution in [2.75, 3.05) is 13.1 Å². The van der Waals surface area contributed by atoms with Gasteiger partial charge in [-0.15, -0.1) is 0 Å². The van der Waals surface area contributed by atoms with E-state index in [1.54, 1.807) is 12.1 Å². The van der Waals surface area contributed by atoms with Gasteiger partial charge in [0.2, 0.25) is 0 Å². The van der Waals surface area contributed by atoms with Crippen LogP contribution in [-0.2, 0) is 22.4 Å². The molecule has 0 saturated carbocycles. The summed E-state index contributed by atoms with van der Waals surface area (Å²) in [5.41, 5.74) is 2.14. The van der Waals surface area contributed by atoms with Crippen molar-refractivity contribution in [2.45, 2.75) is 40.0 Å². The summed E-state index contributed by atoms with van der Waals surface area (Å²) < 4.78 is 0. The summed E-state index contributed by atoms with van der Waals surface area (Å²) in [5, 5.41) is 12.8. The van der Waals surface area contributed by atoms with Gasteiger partial charge in [0.15, 0.2) is 5.78 Å². The van der Waals surface area contributed by atoms with Gasteiger partial charge in [-0.05, 0) is 62.0 Å². The van der Waals surface area contributed by atoms with Crippen molar-refractivity contribution in [3.05, 3.63) is 34.9 Å². The normalized spacial score (nSPS) is 18.3. The van der Waals surface area contributed by atoms with Crippen molar-refractivity contribution >= 4 is 17.5 Å². The molecule has 1 aromatic carbocycles. The zero-order valence-electron chi connectivity index (χ0n) is 15.2. The van der Waals surface area contributed by atoms with E-state index in [0.29, 0.717) is 18.5 Å². The molecule has 1 aromatic rings. The molecule has 0 aliphatic carbocycles. The van der Waals surface area contributed by atoms with E-state index in [9.17, 15) is 19.5 Å². The molecule has 1 aliphatic heterocycles. The molecule has 1 fully saturated rings. The molecule has 25 heavy (non-hydrogen) atoms. The van der Waals surface area contributed by atoms with Gasteiger partial charge in [-0.1, -0.05) is 19.9 Å². The van der Waals surface area contributed by atoms with Crippen LogP contribution in [0.4, 0.5) is 0 Å². The summed E-state index contributed by atoms with van der Waals surface area (Å²) in [6, 6.07) is 5.40. The number of carbonyl (C=O) groups is 3. The maximum absolute atomic E-state index is 12.1. The summed E-state index contributed by atoms with van der Waals surface area (Å²) in [5.74, 6) is -1.22. The molecule has 2 atom stereocenters. The highest BCUT2D eigenvalue weighted by Gasteiger charge is 2.30. The Morgan fingerprint density at radius 2 is 1.88 bits per heavy atom. The molecule has 2 unspecified atom stereocenters. The zero-order valence-corrected chi connectivity index (χ0v) is 15.2. The number of aliphatic carboxylic acids is 1. The van der Waals surface area contributed by atoms with Crippen molar-refractivity contribution in [3.63, 3.8) is 0 Å². The molecule has 1 aliphatic rings. The Kier molecular flexibility index (Phi) is 6.48. The standard InChI is InChI=1S/C20H27NO4/c1-12(2)19(23)10-15-6-14(7-17(8-15)13(3)22)9-18(20(24)25)16-4-5-21-11-16/h6-8,12,16,18,21H,4-5,9-11H2,1-3H3,(H,24,25). The van der Waals surface area contributed by atoms with E-state index in [2.05, 4.69) is 5.32 Å². The summed E-state index contributed by atoms with van der Waals surface area (Å²) in [7, 11) is 0. The van der Waals surface area contributed by atoms with E-state index >= 15 is 0 Å². The second kappa shape index (κ2) is 8.39. The molecule has 0 aromatic heterocycles. The topological polar surface area (TPSA) is 83.5 Å². The largest absolute Gasteiger partial charge is 0.481 e. The van der Waals surface area contributed by atoms with Gasteiger partial charge in [-0.25, -0.2) is 0 Å². The maximum atomic E-state index is 12.1. The van der Waals surface area contributed by atoms with Gasteiger partial charge < -0.3 is 10.4 Å². The van der Waals surface area contributed by atoms with Gasteiger partial charge in [-0.2, -0.15) is 0 Å². The van der Waals surface area contributed by atoms with E-state index in [-0.39, 0.29) is 29.8 Å². The number of hydrogen-bond acceptors (Lipinski definition) is 4.